The highest BCUT2D eigenvalue weighted by atomic mass is 35.5. The number of benzene rings is 2. The molecule has 2 aromatic rings. The molecule has 0 saturated carbocycles. The molecule has 0 aliphatic carbocycles. The van der Waals surface area contributed by atoms with Crippen LogP contribution in [0, 0.1) is 5.41 Å². The summed E-state index contributed by atoms with van der Waals surface area (Å²) in [5.74, 6) is 0.158. The number of aliphatic carboxylic acids is 1. The number of aliphatic imine (C=N–C) groups is 1. The summed E-state index contributed by atoms with van der Waals surface area (Å²) < 4.78 is 6.09. The maximum Gasteiger partial charge on any atom is 0.317 e. The molecule has 1 fully saturated rings. The van der Waals surface area contributed by atoms with Gasteiger partial charge in [-0.05, 0) is 30.7 Å². The molecular formula is C21H22ClN3O3. The smallest absolute Gasteiger partial charge is 0.317 e. The molecule has 0 amide bonds. The van der Waals surface area contributed by atoms with E-state index < -0.39 is 11.4 Å². The van der Waals surface area contributed by atoms with Crippen molar-refractivity contribution in [3.8, 4) is 11.5 Å². The van der Waals surface area contributed by atoms with Crippen LogP contribution in [0.5, 0.6) is 11.5 Å². The van der Waals surface area contributed by atoms with Gasteiger partial charge in [0.25, 0.3) is 0 Å². The Kier molecular flexibility index (Phi) is 5.10. The van der Waals surface area contributed by atoms with Crippen molar-refractivity contribution in [2.45, 2.75) is 19.4 Å². The van der Waals surface area contributed by atoms with E-state index in [0.717, 1.165) is 6.54 Å². The van der Waals surface area contributed by atoms with Gasteiger partial charge < -0.3 is 20.5 Å². The Labute approximate surface area is 168 Å². The molecule has 2 atom stereocenters. The number of hydrogen-bond donors (Lipinski definition) is 3. The van der Waals surface area contributed by atoms with Crippen molar-refractivity contribution in [3.63, 3.8) is 0 Å². The first-order chi connectivity index (χ1) is 13.6. The van der Waals surface area contributed by atoms with E-state index in [4.69, 9.17) is 21.3 Å². The number of nitrogens with zero attached hydrogens (tertiary/aromatic N) is 1. The second-order valence-corrected chi connectivity index (χ2v) is 7.39. The number of para-hydroxylation sites is 2. The third-order valence-corrected chi connectivity index (χ3v) is 5.84. The number of hydrogen-bond acceptors (Lipinski definition) is 5. The van der Waals surface area contributed by atoms with Gasteiger partial charge in [0.2, 0.25) is 0 Å². The second-order valence-electron chi connectivity index (χ2n) is 6.98. The van der Waals surface area contributed by atoms with E-state index in [1.807, 2.05) is 31.2 Å². The Morgan fingerprint density at radius 2 is 2.04 bits per heavy atom. The maximum absolute atomic E-state index is 12.8. The highest BCUT2D eigenvalue weighted by Crippen LogP contribution is 2.45. The van der Waals surface area contributed by atoms with E-state index >= 15 is 0 Å². The van der Waals surface area contributed by atoms with Gasteiger partial charge >= 0.3 is 5.97 Å². The second kappa shape index (κ2) is 7.54. The zero-order valence-corrected chi connectivity index (χ0v) is 16.3. The Hall–Kier alpha value is -2.41. The molecule has 7 heteroatoms. The molecule has 1 saturated heterocycles. The van der Waals surface area contributed by atoms with Crippen molar-refractivity contribution in [3.05, 3.63) is 53.1 Å². The first-order valence-electron chi connectivity index (χ1n) is 9.40. The largest absolute Gasteiger partial charge is 0.480 e. The van der Waals surface area contributed by atoms with Crippen LogP contribution in [0.4, 0.5) is 5.69 Å². The number of halogens is 1. The van der Waals surface area contributed by atoms with Crippen LogP contribution in [0.2, 0.25) is 5.02 Å². The molecule has 2 unspecified atom stereocenters. The number of ether oxygens (including phenoxy) is 1. The standard InChI is InChI=1S/C21H22ClN3O3/c1-2-21(20(26)27,17-12-23-10-11-24-17)19-18-13(22)6-5-9-16(18)28-15-8-4-3-7-14(15)25-19/h3-9,17,23-24H,2,10-12H2,1H3,(H,26,27). The van der Waals surface area contributed by atoms with Crippen molar-refractivity contribution in [2.24, 2.45) is 10.4 Å². The van der Waals surface area contributed by atoms with Crippen LogP contribution in [-0.4, -0.2) is 42.5 Å². The zero-order valence-electron chi connectivity index (χ0n) is 15.5. The molecule has 146 valence electrons. The summed E-state index contributed by atoms with van der Waals surface area (Å²) in [7, 11) is 0. The fourth-order valence-electron chi connectivity index (χ4n) is 4.05. The van der Waals surface area contributed by atoms with Gasteiger partial charge in [0.15, 0.2) is 5.75 Å². The predicted octanol–water partition coefficient (Wildman–Crippen LogP) is 3.61. The van der Waals surface area contributed by atoms with Gasteiger partial charge in [-0.25, -0.2) is 4.99 Å². The molecule has 2 aromatic carbocycles. The monoisotopic (exact) mass is 399 g/mol. The van der Waals surface area contributed by atoms with Crippen molar-refractivity contribution in [1.82, 2.24) is 10.6 Å². The lowest BCUT2D eigenvalue weighted by Gasteiger charge is -2.40. The third kappa shape index (κ3) is 2.98. The molecule has 6 nitrogen and oxygen atoms in total. The summed E-state index contributed by atoms with van der Waals surface area (Å²) in [6, 6.07) is 12.4. The molecule has 0 spiro atoms. The third-order valence-electron chi connectivity index (χ3n) is 5.53. The molecule has 28 heavy (non-hydrogen) atoms. The van der Waals surface area contributed by atoms with Crippen LogP contribution >= 0.6 is 11.6 Å². The minimum atomic E-state index is -1.27. The van der Waals surface area contributed by atoms with E-state index in [1.165, 1.54) is 0 Å². The highest BCUT2D eigenvalue weighted by molar-refractivity contribution is 6.36. The number of fused-ring (bicyclic) bond motifs is 2. The molecule has 0 aromatic heterocycles. The lowest BCUT2D eigenvalue weighted by Crippen LogP contribution is -2.62. The summed E-state index contributed by atoms with van der Waals surface area (Å²) in [6.07, 6.45) is 0.355. The van der Waals surface area contributed by atoms with Gasteiger partial charge in [0, 0.05) is 25.7 Å². The topological polar surface area (TPSA) is 83.0 Å². The number of carbonyl (C=O) groups is 1. The number of rotatable bonds is 4. The lowest BCUT2D eigenvalue weighted by molar-refractivity contribution is -0.146. The number of carboxylic acids is 1. The molecule has 0 radical (unpaired) electrons. The molecular weight excluding hydrogens is 378 g/mol. The molecule has 2 aliphatic heterocycles. The van der Waals surface area contributed by atoms with Crippen molar-refractivity contribution >= 4 is 29.0 Å². The van der Waals surface area contributed by atoms with E-state index in [1.54, 1.807) is 18.2 Å². The molecule has 2 heterocycles. The Morgan fingerprint density at radius 1 is 1.25 bits per heavy atom. The van der Waals surface area contributed by atoms with Crippen molar-refractivity contribution in [2.75, 3.05) is 19.6 Å². The van der Waals surface area contributed by atoms with E-state index in [-0.39, 0.29) is 6.04 Å². The Balaban J connectivity index is 2.01. The van der Waals surface area contributed by atoms with E-state index in [0.29, 0.717) is 53.0 Å². The van der Waals surface area contributed by atoms with Crippen LogP contribution in [0.1, 0.15) is 18.9 Å². The minimum absolute atomic E-state index is 0.336. The maximum atomic E-state index is 12.8. The SMILES string of the molecule is CCC(C(=O)O)(C1=Nc2ccccc2Oc2cccc(Cl)c21)C1CNCCN1. The van der Waals surface area contributed by atoms with E-state index in [2.05, 4.69) is 10.6 Å². The summed E-state index contributed by atoms with van der Waals surface area (Å²) >= 11 is 6.57. The van der Waals surface area contributed by atoms with E-state index in [9.17, 15) is 9.90 Å². The van der Waals surface area contributed by atoms with Gasteiger partial charge in [0.05, 0.1) is 16.3 Å². The number of nitrogens with one attached hydrogen (secondary N) is 2. The van der Waals surface area contributed by atoms with Crippen LogP contribution in [-0.2, 0) is 4.79 Å². The van der Waals surface area contributed by atoms with Gasteiger partial charge in [-0.3, -0.25) is 4.79 Å². The normalized spacial score (nSPS) is 20.6. The quantitative estimate of drug-likeness (QED) is 0.731. The van der Waals surface area contributed by atoms with Crippen LogP contribution in [0.3, 0.4) is 0 Å². The first-order valence-corrected chi connectivity index (χ1v) is 9.78. The fourth-order valence-corrected chi connectivity index (χ4v) is 4.31. The molecule has 2 aliphatic rings. The average Bonchev–Trinajstić information content (AvgIpc) is 2.87. The van der Waals surface area contributed by atoms with Gasteiger partial charge in [-0.2, -0.15) is 0 Å². The van der Waals surface area contributed by atoms with Crippen molar-refractivity contribution in [1.29, 1.82) is 0 Å². The Morgan fingerprint density at radius 3 is 2.75 bits per heavy atom. The van der Waals surface area contributed by atoms with Crippen LogP contribution < -0.4 is 15.4 Å². The van der Waals surface area contributed by atoms with Gasteiger partial charge in [-0.15, -0.1) is 0 Å². The van der Waals surface area contributed by atoms with Crippen LogP contribution in [0.15, 0.2) is 47.5 Å². The minimum Gasteiger partial charge on any atom is -0.480 e. The summed E-state index contributed by atoms with van der Waals surface area (Å²) in [5.41, 5.74) is 0.285. The predicted molar refractivity (Wildman–Crippen MR) is 109 cm³/mol. The molecule has 3 N–H and O–H groups in total. The molecule has 4 rings (SSSR count). The highest BCUT2D eigenvalue weighted by Gasteiger charge is 2.51. The van der Waals surface area contributed by atoms with Gasteiger partial charge in [-0.1, -0.05) is 36.7 Å². The average molecular weight is 400 g/mol. The van der Waals surface area contributed by atoms with Gasteiger partial charge in [0.1, 0.15) is 16.9 Å². The summed E-state index contributed by atoms with van der Waals surface area (Å²) in [4.78, 5) is 17.6. The fraction of sp³-hybridized carbons (Fsp3) is 0.333. The first kappa shape index (κ1) is 18.9. The van der Waals surface area contributed by atoms with Crippen LogP contribution in [0.25, 0.3) is 0 Å². The van der Waals surface area contributed by atoms with Crippen molar-refractivity contribution < 1.29 is 14.6 Å². The zero-order chi connectivity index (χ0) is 19.7. The number of carboxylic acid groups (broad SMARTS) is 1. The molecule has 0 bridgehead atoms. The number of piperazine rings is 1. The Bertz CT molecular complexity index is 940. The lowest BCUT2D eigenvalue weighted by atomic mass is 9.70. The summed E-state index contributed by atoms with van der Waals surface area (Å²) in [6.45, 7) is 3.89. The summed E-state index contributed by atoms with van der Waals surface area (Å²) in [5, 5.41) is 17.5.